The Kier molecular flexibility index (Phi) is 5.25. The van der Waals surface area contributed by atoms with Crippen LogP contribution in [0.1, 0.15) is 39.5 Å². The first-order valence-electron chi connectivity index (χ1n) is 4.29. The molecule has 0 aliphatic carbocycles. The zero-order valence-electron chi connectivity index (χ0n) is 7.58. The summed E-state index contributed by atoms with van der Waals surface area (Å²) in [6.45, 7) is 3.62. The quantitative estimate of drug-likeness (QED) is 0.454. The number of hydrogen-bond donors (Lipinski definition) is 0. The van der Waals surface area contributed by atoms with Crippen molar-refractivity contribution >= 4 is 5.78 Å². The van der Waals surface area contributed by atoms with E-state index in [-0.39, 0.29) is 5.78 Å². The third kappa shape index (κ3) is 3.46. The average molecular weight is 173 g/mol. The summed E-state index contributed by atoms with van der Waals surface area (Å²) in [6, 6.07) is -0.975. The molecule has 70 valence electrons. The first-order chi connectivity index (χ1) is 5.63. The van der Waals surface area contributed by atoms with E-state index >= 15 is 0 Å². The molecule has 1 atom stereocenters. The minimum atomic E-state index is -0.975. The van der Waals surface area contributed by atoms with Gasteiger partial charge in [0.05, 0.1) is 0 Å². The number of nitrogens with zero attached hydrogens (tertiary/aromatic N) is 1. The number of rotatable bonds is 6. The molecular weight excluding hydrogens is 158 g/mol. The van der Waals surface area contributed by atoms with Gasteiger partial charge in [-0.15, -0.1) is 0 Å². The van der Waals surface area contributed by atoms with Gasteiger partial charge in [0.1, 0.15) is 0 Å². The van der Waals surface area contributed by atoms with Gasteiger partial charge >= 0.3 is 0 Å². The van der Waals surface area contributed by atoms with Crippen LogP contribution >= 0.6 is 0 Å². The first-order valence-corrected chi connectivity index (χ1v) is 4.29. The van der Waals surface area contributed by atoms with Crippen molar-refractivity contribution in [3.8, 4) is 0 Å². The summed E-state index contributed by atoms with van der Waals surface area (Å²) in [7, 11) is 0. The predicted molar refractivity (Wildman–Crippen MR) is 45.6 cm³/mol. The fraction of sp³-hybridized carbons (Fsp3) is 0.875. The molecule has 0 heterocycles. The summed E-state index contributed by atoms with van der Waals surface area (Å²) in [5, 5.41) is 10.3. The maximum absolute atomic E-state index is 11.1. The number of nitro groups is 1. The zero-order valence-corrected chi connectivity index (χ0v) is 7.58. The van der Waals surface area contributed by atoms with Crippen LogP contribution in [0.2, 0.25) is 0 Å². The molecule has 0 aromatic rings. The van der Waals surface area contributed by atoms with Crippen molar-refractivity contribution in [1.82, 2.24) is 0 Å². The Bertz CT molecular complexity index is 168. The molecule has 0 spiro atoms. The molecule has 0 aromatic heterocycles. The number of carbonyl (C=O) groups excluding carboxylic acids is 1. The second-order valence-corrected chi connectivity index (χ2v) is 2.78. The number of Topliss-reactive ketones (excluding diaryl/α,β-unsaturated/α-hetero) is 1. The van der Waals surface area contributed by atoms with Crippen molar-refractivity contribution in [3.63, 3.8) is 0 Å². The molecule has 0 saturated heterocycles. The van der Waals surface area contributed by atoms with E-state index in [4.69, 9.17) is 0 Å². The standard InChI is InChI=1S/C8H15NO3/c1-3-5-6-8(10)7(4-2)9(11)12/h7H,3-6H2,1-2H3. The van der Waals surface area contributed by atoms with Gasteiger partial charge in [0, 0.05) is 17.8 Å². The summed E-state index contributed by atoms with van der Waals surface area (Å²) in [5.41, 5.74) is 0. The maximum atomic E-state index is 11.1. The Hall–Kier alpha value is -0.930. The Balaban J connectivity index is 3.95. The van der Waals surface area contributed by atoms with Crippen molar-refractivity contribution in [1.29, 1.82) is 0 Å². The number of carbonyl (C=O) groups is 1. The molecule has 0 rings (SSSR count). The molecule has 0 amide bonds. The topological polar surface area (TPSA) is 60.2 Å². The first kappa shape index (κ1) is 11.1. The van der Waals surface area contributed by atoms with Gasteiger partial charge in [-0.25, -0.2) is 0 Å². The second kappa shape index (κ2) is 5.69. The van der Waals surface area contributed by atoms with Gasteiger partial charge in [0.2, 0.25) is 5.78 Å². The van der Waals surface area contributed by atoms with Crippen LogP contribution in [0.5, 0.6) is 0 Å². The van der Waals surface area contributed by atoms with E-state index in [9.17, 15) is 14.9 Å². The molecule has 0 aromatic carbocycles. The third-order valence-corrected chi connectivity index (χ3v) is 1.79. The lowest BCUT2D eigenvalue weighted by atomic mass is 10.1. The van der Waals surface area contributed by atoms with E-state index in [2.05, 4.69) is 0 Å². The van der Waals surface area contributed by atoms with Crippen LogP contribution in [-0.2, 0) is 4.79 Å². The van der Waals surface area contributed by atoms with Crippen molar-refractivity contribution in [2.45, 2.75) is 45.6 Å². The van der Waals surface area contributed by atoms with Gasteiger partial charge in [-0.05, 0) is 6.42 Å². The zero-order chi connectivity index (χ0) is 9.56. The lowest BCUT2D eigenvalue weighted by Crippen LogP contribution is -2.28. The molecule has 0 fully saturated rings. The molecular formula is C8H15NO3. The fourth-order valence-electron chi connectivity index (χ4n) is 1.01. The second-order valence-electron chi connectivity index (χ2n) is 2.78. The minimum absolute atomic E-state index is 0.232. The van der Waals surface area contributed by atoms with Crippen molar-refractivity contribution in [2.24, 2.45) is 0 Å². The molecule has 12 heavy (non-hydrogen) atoms. The van der Waals surface area contributed by atoms with Crippen molar-refractivity contribution in [3.05, 3.63) is 10.1 Å². The Labute approximate surface area is 72.1 Å². The molecule has 0 aliphatic heterocycles. The maximum Gasteiger partial charge on any atom is 0.270 e. The summed E-state index contributed by atoms with van der Waals surface area (Å²) in [4.78, 5) is 21.0. The molecule has 4 heteroatoms. The van der Waals surface area contributed by atoms with Crippen LogP contribution in [-0.4, -0.2) is 16.7 Å². The highest BCUT2D eigenvalue weighted by Gasteiger charge is 2.25. The SMILES string of the molecule is CCCCC(=O)C(CC)[N+](=O)[O-]. The molecule has 0 bridgehead atoms. The van der Waals surface area contributed by atoms with Crippen molar-refractivity contribution in [2.75, 3.05) is 0 Å². The highest BCUT2D eigenvalue weighted by Crippen LogP contribution is 2.04. The van der Waals surface area contributed by atoms with Gasteiger partial charge in [0.15, 0.2) is 0 Å². The monoisotopic (exact) mass is 173 g/mol. The smallest absolute Gasteiger partial charge is 0.270 e. The molecule has 0 saturated carbocycles. The van der Waals surface area contributed by atoms with E-state index in [1.165, 1.54) is 0 Å². The van der Waals surface area contributed by atoms with E-state index in [1.54, 1.807) is 6.92 Å². The van der Waals surface area contributed by atoms with Gasteiger partial charge in [-0.3, -0.25) is 14.9 Å². The van der Waals surface area contributed by atoms with Crippen LogP contribution < -0.4 is 0 Å². The lowest BCUT2D eigenvalue weighted by Gasteiger charge is -2.04. The van der Waals surface area contributed by atoms with Gasteiger partial charge in [-0.1, -0.05) is 20.3 Å². The van der Waals surface area contributed by atoms with Crippen LogP contribution in [0.15, 0.2) is 0 Å². The van der Waals surface area contributed by atoms with Crippen LogP contribution in [0.25, 0.3) is 0 Å². The number of unbranched alkanes of at least 4 members (excludes halogenated alkanes) is 1. The van der Waals surface area contributed by atoms with E-state index in [0.717, 1.165) is 12.8 Å². The Morgan fingerprint density at radius 2 is 2.08 bits per heavy atom. The van der Waals surface area contributed by atoms with E-state index in [1.807, 2.05) is 6.92 Å². The van der Waals surface area contributed by atoms with Crippen LogP contribution in [0.4, 0.5) is 0 Å². The Morgan fingerprint density at radius 3 is 2.42 bits per heavy atom. The predicted octanol–water partition coefficient (Wildman–Crippen LogP) is 1.80. The van der Waals surface area contributed by atoms with Gasteiger partial charge < -0.3 is 0 Å². The summed E-state index contributed by atoms with van der Waals surface area (Å²) >= 11 is 0. The van der Waals surface area contributed by atoms with E-state index in [0.29, 0.717) is 12.8 Å². The number of ketones is 1. The minimum Gasteiger partial charge on any atom is -0.292 e. The summed E-state index contributed by atoms with van der Waals surface area (Å²) < 4.78 is 0. The number of hydrogen-bond acceptors (Lipinski definition) is 3. The van der Waals surface area contributed by atoms with Gasteiger partial charge in [0.25, 0.3) is 6.04 Å². The molecule has 0 radical (unpaired) electrons. The highest BCUT2D eigenvalue weighted by molar-refractivity contribution is 5.82. The fourth-order valence-corrected chi connectivity index (χ4v) is 1.01. The summed E-state index contributed by atoms with van der Waals surface area (Å²) in [5.74, 6) is -0.232. The average Bonchev–Trinajstić information content (AvgIpc) is 2.01. The lowest BCUT2D eigenvalue weighted by molar-refractivity contribution is -0.507. The normalized spacial score (nSPS) is 12.5. The van der Waals surface area contributed by atoms with Crippen LogP contribution in [0, 0.1) is 10.1 Å². The molecule has 4 nitrogen and oxygen atoms in total. The largest absolute Gasteiger partial charge is 0.292 e. The highest BCUT2D eigenvalue weighted by atomic mass is 16.6. The molecule has 0 N–H and O–H groups in total. The Morgan fingerprint density at radius 1 is 1.50 bits per heavy atom. The third-order valence-electron chi connectivity index (χ3n) is 1.79. The molecule has 0 aliphatic rings. The van der Waals surface area contributed by atoms with Crippen LogP contribution in [0.3, 0.4) is 0 Å². The molecule has 1 unspecified atom stereocenters. The van der Waals surface area contributed by atoms with Gasteiger partial charge in [-0.2, -0.15) is 0 Å². The summed E-state index contributed by atoms with van der Waals surface area (Å²) in [6.07, 6.45) is 2.30. The van der Waals surface area contributed by atoms with Crippen molar-refractivity contribution < 1.29 is 9.72 Å². The van der Waals surface area contributed by atoms with E-state index < -0.39 is 11.0 Å².